The SMILES string of the molecule is COc1cc2c(cc1OC)[C@@H]1C[C@]3(CCN1CC2)C(=N)N(c1ccc(Cl)cc1)C(=O)N3CCc1ccccc1. The van der Waals surface area contributed by atoms with E-state index in [1.807, 2.05) is 35.2 Å². The van der Waals surface area contributed by atoms with E-state index in [9.17, 15) is 10.2 Å². The normalized spacial score (nSPS) is 22.7. The number of hydrogen-bond donors (Lipinski definition) is 1. The Balaban J connectivity index is 1.40. The maximum absolute atomic E-state index is 14.1. The number of hydrogen-bond acceptors (Lipinski definition) is 5. The van der Waals surface area contributed by atoms with E-state index < -0.39 is 5.54 Å². The molecule has 3 aliphatic rings. The number of carbonyl (C=O) groups excluding carboxylic acids is 1. The summed E-state index contributed by atoms with van der Waals surface area (Å²) in [5.74, 6) is 1.78. The van der Waals surface area contributed by atoms with Gasteiger partial charge >= 0.3 is 6.03 Å². The lowest BCUT2D eigenvalue weighted by Crippen LogP contribution is -2.58. The van der Waals surface area contributed by atoms with Crippen LogP contribution in [0.5, 0.6) is 11.5 Å². The molecule has 2 saturated heterocycles. The van der Waals surface area contributed by atoms with E-state index in [2.05, 4.69) is 29.2 Å². The third-order valence-electron chi connectivity index (χ3n) is 8.61. The number of ether oxygens (including phenoxy) is 2. The molecule has 0 aromatic heterocycles. The second-order valence-electron chi connectivity index (χ2n) is 10.5. The van der Waals surface area contributed by atoms with Crippen LogP contribution in [0.25, 0.3) is 0 Å². The van der Waals surface area contributed by atoms with E-state index in [0.29, 0.717) is 35.3 Å². The molecule has 0 unspecified atom stereocenters. The molecule has 3 aromatic carbocycles. The summed E-state index contributed by atoms with van der Waals surface area (Å²) in [4.78, 5) is 20.2. The summed E-state index contributed by atoms with van der Waals surface area (Å²) < 4.78 is 11.2. The highest BCUT2D eigenvalue weighted by Crippen LogP contribution is 2.49. The zero-order chi connectivity index (χ0) is 27.1. The summed E-state index contributed by atoms with van der Waals surface area (Å²) in [7, 11) is 3.32. The number of methoxy groups -OCH3 is 2. The summed E-state index contributed by atoms with van der Waals surface area (Å²) in [6.07, 6.45) is 3.03. The number of benzene rings is 3. The molecule has 8 heteroatoms. The predicted molar refractivity (Wildman–Crippen MR) is 153 cm³/mol. The lowest BCUT2D eigenvalue weighted by atomic mass is 9.76. The van der Waals surface area contributed by atoms with Crippen LogP contribution in [-0.4, -0.2) is 61.1 Å². The van der Waals surface area contributed by atoms with Crippen molar-refractivity contribution in [2.75, 3.05) is 38.8 Å². The lowest BCUT2D eigenvalue weighted by molar-refractivity contribution is 0.0541. The van der Waals surface area contributed by atoms with Crippen molar-refractivity contribution in [1.82, 2.24) is 9.80 Å². The van der Waals surface area contributed by atoms with Gasteiger partial charge in [-0.25, -0.2) is 9.69 Å². The Hall–Kier alpha value is -3.55. The first-order chi connectivity index (χ1) is 18.9. The Kier molecular flexibility index (Phi) is 6.73. The fourth-order valence-corrected chi connectivity index (χ4v) is 6.68. The Morgan fingerprint density at radius 3 is 2.44 bits per heavy atom. The van der Waals surface area contributed by atoms with Crippen molar-refractivity contribution in [1.29, 1.82) is 5.41 Å². The van der Waals surface area contributed by atoms with Crippen LogP contribution in [0.2, 0.25) is 5.02 Å². The highest BCUT2D eigenvalue weighted by molar-refractivity contribution is 6.31. The molecule has 0 aliphatic carbocycles. The van der Waals surface area contributed by atoms with Crippen LogP contribution >= 0.6 is 11.6 Å². The molecule has 202 valence electrons. The average Bonchev–Trinajstić information content (AvgIpc) is 3.16. The van der Waals surface area contributed by atoms with Crippen molar-refractivity contribution < 1.29 is 14.3 Å². The van der Waals surface area contributed by atoms with Gasteiger partial charge in [-0.2, -0.15) is 0 Å². The van der Waals surface area contributed by atoms with Gasteiger partial charge in [0.15, 0.2) is 11.5 Å². The van der Waals surface area contributed by atoms with E-state index in [1.165, 1.54) is 16.7 Å². The second kappa shape index (κ2) is 10.2. The van der Waals surface area contributed by atoms with Crippen molar-refractivity contribution in [3.8, 4) is 11.5 Å². The van der Waals surface area contributed by atoms with E-state index >= 15 is 0 Å². The van der Waals surface area contributed by atoms with Crippen molar-refractivity contribution in [2.24, 2.45) is 0 Å². The zero-order valence-electron chi connectivity index (χ0n) is 22.3. The van der Waals surface area contributed by atoms with E-state index in [-0.39, 0.29) is 12.1 Å². The van der Waals surface area contributed by atoms with Crippen molar-refractivity contribution in [3.63, 3.8) is 0 Å². The smallest absolute Gasteiger partial charge is 0.330 e. The first-order valence-corrected chi connectivity index (χ1v) is 13.8. The van der Waals surface area contributed by atoms with Gasteiger partial charge in [0.25, 0.3) is 0 Å². The average molecular weight is 545 g/mol. The minimum Gasteiger partial charge on any atom is -0.493 e. The maximum Gasteiger partial charge on any atom is 0.330 e. The number of urea groups is 1. The molecule has 0 radical (unpaired) electrons. The molecule has 3 aromatic rings. The fourth-order valence-electron chi connectivity index (χ4n) is 6.56. The first kappa shape index (κ1) is 25.7. The quantitative estimate of drug-likeness (QED) is 0.416. The number of halogens is 1. The van der Waals surface area contributed by atoms with Crippen LogP contribution < -0.4 is 14.4 Å². The molecule has 3 heterocycles. The molecule has 7 nitrogen and oxygen atoms in total. The number of rotatable bonds is 6. The highest BCUT2D eigenvalue weighted by atomic mass is 35.5. The Bertz CT molecular complexity index is 1400. The largest absolute Gasteiger partial charge is 0.493 e. The van der Waals surface area contributed by atoms with Gasteiger partial charge in [0.1, 0.15) is 11.4 Å². The summed E-state index contributed by atoms with van der Waals surface area (Å²) in [5, 5.41) is 10.1. The minimum absolute atomic E-state index is 0.0693. The molecule has 1 N–H and O–H groups in total. The van der Waals surface area contributed by atoms with Gasteiger partial charge in [-0.15, -0.1) is 0 Å². The Morgan fingerprint density at radius 1 is 1.00 bits per heavy atom. The molecule has 2 amide bonds. The fraction of sp³-hybridized carbons (Fsp3) is 0.355. The highest BCUT2D eigenvalue weighted by Gasteiger charge is 2.58. The molecule has 1 spiro atoms. The standard InChI is InChI=1S/C31H33ClN4O3/c1-38-27-18-22-13-15-34-17-14-31(20-26(34)25(22)19-28(27)39-2)29(33)36(24-10-8-23(32)9-11-24)30(37)35(31)16-12-21-6-4-3-5-7-21/h3-11,18-19,26,33H,12-17,20H2,1-2H3/t26-,31+/m0/s1. The van der Waals surface area contributed by atoms with E-state index in [0.717, 1.165) is 38.1 Å². The maximum atomic E-state index is 14.1. The number of nitrogens with zero attached hydrogens (tertiary/aromatic N) is 3. The number of amidine groups is 1. The number of carbonyl (C=O) groups is 1. The summed E-state index contributed by atoms with van der Waals surface area (Å²) in [6.45, 7) is 2.29. The molecule has 0 bridgehead atoms. The van der Waals surface area contributed by atoms with E-state index in [1.54, 1.807) is 31.3 Å². The van der Waals surface area contributed by atoms with Gasteiger partial charge in [-0.3, -0.25) is 10.3 Å². The minimum atomic E-state index is -0.714. The van der Waals surface area contributed by atoms with Gasteiger partial charge in [-0.05, 0) is 78.8 Å². The lowest BCUT2D eigenvalue weighted by Gasteiger charge is -2.50. The molecule has 3 aliphatic heterocycles. The number of fused-ring (bicyclic) bond motifs is 3. The summed E-state index contributed by atoms with van der Waals surface area (Å²) in [5.41, 5.74) is 3.58. The van der Waals surface area contributed by atoms with Crippen LogP contribution in [0.4, 0.5) is 10.5 Å². The molecular formula is C31H33ClN4O3. The number of amides is 2. The Morgan fingerprint density at radius 2 is 1.72 bits per heavy atom. The van der Waals surface area contributed by atoms with Crippen molar-refractivity contribution >= 4 is 29.2 Å². The molecule has 2 fully saturated rings. The van der Waals surface area contributed by atoms with Crippen molar-refractivity contribution in [2.45, 2.75) is 37.3 Å². The molecule has 0 saturated carbocycles. The predicted octanol–water partition coefficient (Wildman–Crippen LogP) is 5.95. The Labute approximate surface area is 234 Å². The number of anilines is 1. The van der Waals surface area contributed by atoms with Crippen LogP contribution in [0, 0.1) is 5.41 Å². The second-order valence-corrected chi connectivity index (χ2v) is 11.0. The van der Waals surface area contributed by atoms with Gasteiger partial charge in [0, 0.05) is 30.7 Å². The van der Waals surface area contributed by atoms with E-state index in [4.69, 9.17) is 21.1 Å². The van der Waals surface area contributed by atoms with Gasteiger partial charge in [-0.1, -0.05) is 41.9 Å². The van der Waals surface area contributed by atoms with Crippen LogP contribution in [0.15, 0.2) is 66.7 Å². The molecular weight excluding hydrogens is 512 g/mol. The topological polar surface area (TPSA) is 69.1 Å². The van der Waals surface area contributed by atoms with Crippen molar-refractivity contribution in [3.05, 3.63) is 88.4 Å². The molecule has 6 rings (SSSR count). The van der Waals surface area contributed by atoms with Gasteiger partial charge in [0.2, 0.25) is 0 Å². The number of piperidine rings is 1. The van der Waals surface area contributed by atoms with Crippen LogP contribution in [0.1, 0.15) is 35.6 Å². The van der Waals surface area contributed by atoms with Gasteiger partial charge in [0.05, 0.1) is 19.9 Å². The molecule has 2 atom stereocenters. The van der Waals surface area contributed by atoms with Crippen LogP contribution in [0.3, 0.4) is 0 Å². The molecule has 39 heavy (non-hydrogen) atoms. The summed E-state index contributed by atoms with van der Waals surface area (Å²) in [6, 6.07) is 21.5. The third kappa shape index (κ3) is 4.34. The third-order valence-corrected chi connectivity index (χ3v) is 8.86. The monoisotopic (exact) mass is 544 g/mol. The summed E-state index contributed by atoms with van der Waals surface area (Å²) >= 11 is 6.16. The first-order valence-electron chi connectivity index (χ1n) is 13.4. The zero-order valence-corrected chi connectivity index (χ0v) is 23.1. The van der Waals surface area contributed by atoms with Gasteiger partial charge < -0.3 is 14.4 Å². The number of nitrogens with one attached hydrogen (secondary N) is 1. The van der Waals surface area contributed by atoms with Crippen LogP contribution in [-0.2, 0) is 12.8 Å².